The number of imidazole rings is 1. The Balaban J connectivity index is 0.00000810. The molecule has 10 aromatic rings. The maximum absolute atomic E-state index is 6.88. The van der Waals surface area contributed by atoms with Crippen molar-refractivity contribution >= 4 is 32.8 Å². The van der Waals surface area contributed by atoms with Crippen LogP contribution in [0.5, 0.6) is 11.5 Å². The van der Waals surface area contributed by atoms with Gasteiger partial charge in [0.1, 0.15) is 5.82 Å². The number of hydrogen-bond acceptors (Lipinski definition) is 2. The van der Waals surface area contributed by atoms with E-state index in [9.17, 15) is 0 Å². The molecule has 10 rings (SSSR count). The van der Waals surface area contributed by atoms with Gasteiger partial charge in [-0.05, 0) is 134 Å². The molecule has 0 saturated carbocycles. The van der Waals surface area contributed by atoms with Crippen molar-refractivity contribution in [3.8, 4) is 50.9 Å². The van der Waals surface area contributed by atoms with Crippen LogP contribution in [-0.2, 0) is 59.0 Å². The van der Waals surface area contributed by atoms with Crippen LogP contribution in [0, 0.1) is 18.5 Å². The van der Waals surface area contributed by atoms with Crippen molar-refractivity contribution < 1.29 is 30.4 Å². The Bertz CT molecular complexity index is 3990. The molecule has 0 spiro atoms. The van der Waals surface area contributed by atoms with Gasteiger partial charge in [-0.15, -0.1) is 29.7 Å². The summed E-state index contributed by atoms with van der Waals surface area (Å²) >= 11 is 0. The smallest absolute Gasteiger partial charge is 0.268 e. The van der Waals surface area contributed by atoms with Gasteiger partial charge in [-0.3, -0.25) is 4.57 Å². The first kappa shape index (κ1) is 60.1. The van der Waals surface area contributed by atoms with Crippen LogP contribution in [0.15, 0.2) is 140 Å². The van der Waals surface area contributed by atoms with E-state index in [-0.39, 0.29) is 59.0 Å². The first-order valence-electron chi connectivity index (χ1n) is 29.2. The number of hydrogen-bond donors (Lipinski definition) is 0. The molecule has 0 atom stereocenters. The van der Waals surface area contributed by atoms with Gasteiger partial charge in [0.2, 0.25) is 0 Å². The summed E-state index contributed by atoms with van der Waals surface area (Å²) in [5, 5.41) is 2.22. The van der Waals surface area contributed by atoms with E-state index in [0.29, 0.717) is 11.5 Å². The molecule has 6 heteroatoms. The fourth-order valence-electron chi connectivity index (χ4n) is 11.0. The molecule has 5 nitrogen and oxygen atoms in total. The minimum absolute atomic E-state index is 0. The van der Waals surface area contributed by atoms with E-state index in [2.05, 4.69) is 299 Å². The van der Waals surface area contributed by atoms with Crippen LogP contribution in [0.25, 0.3) is 72.3 Å². The van der Waals surface area contributed by atoms with Gasteiger partial charge in [-0.1, -0.05) is 230 Å². The first-order valence-corrected chi connectivity index (χ1v) is 29.2. The van der Waals surface area contributed by atoms with E-state index in [0.717, 1.165) is 55.6 Å². The van der Waals surface area contributed by atoms with E-state index in [4.69, 9.17) is 9.72 Å². The number of ether oxygens (including phenoxy) is 1. The second-order valence-corrected chi connectivity index (χ2v) is 30.1. The van der Waals surface area contributed by atoms with Crippen molar-refractivity contribution in [2.75, 3.05) is 0 Å². The van der Waals surface area contributed by atoms with Gasteiger partial charge in [0.25, 0.3) is 6.33 Å². The number of nitrogens with zero attached hydrogens (tertiary/aromatic N) is 4. The molecular formula is C76H86N4OPt-2. The first-order chi connectivity index (χ1) is 37.5. The van der Waals surface area contributed by atoms with E-state index in [1.54, 1.807) is 0 Å². The molecule has 0 saturated heterocycles. The summed E-state index contributed by atoms with van der Waals surface area (Å²) in [6.07, 6.45) is 5.96. The van der Waals surface area contributed by atoms with Gasteiger partial charge in [0.05, 0.1) is 16.7 Å². The summed E-state index contributed by atoms with van der Waals surface area (Å²) in [5.41, 5.74) is 19.0. The molecule has 0 N–H and O–H groups in total. The van der Waals surface area contributed by atoms with Crippen molar-refractivity contribution in [3.05, 3.63) is 197 Å². The molecular weight excluding hydrogens is 1180 g/mol. The predicted molar refractivity (Wildman–Crippen MR) is 342 cm³/mol. The molecule has 0 aliphatic heterocycles. The van der Waals surface area contributed by atoms with Crippen LogP contribution >= 0.6 is 0 Å². The molecule has 0 amide bonds. The summed E-state index contributed by atoms with van der Waals surface area (Å²) in [6, 6.07) is 57.0. The Morgan fingerprint density at radius 2 is 0.976 bits per heavy atom. The Morgan fingerprint density at radius 3 is 1.55 bits per heavy atom. The third-order valence-electron chi connectivity index (χ3n) is 16.3. The average Bonchev–Trinajstić information content (AvgIpc) is 4.12. The number of para-hydroxylation sites is 1. The second-order valence-electron chi connectivity index (χ2n) is 30.1. The van der Waals surface area contributed by atoms with Crippen LogP contribution < -0.4 is 9.30 Å². The van der Waals surface area contributed by atoms with Crippen molar-refractivity contribution in [2.45, 2.75) is 183 Å². The minimum Gasteiger partial charge on any atom is -0.510 e. The van der Waals surface area contributed by atoms with E-state index < -0.39 is 0 Å². The molecule has 0 radical (unpaired) electrons. The van der Waals surface area contributed by atoms with Crippen LogP contribution in [0.2, 0.25) is 0 Å². The number of fused-ring (bicyclic) bond motifs is 4. The number of rotatable bonds is 7. The largest absolute Gasteiger partial charge is 0.510 e. The maximum atomic E-state index is 6.88. The van der Waals surface area contributed by atoms with Gasteiger partial charge < -0.3 is 13.9 Å². The minimum atomic E-state index is -0.250. The molecule has 0 fully saturated rings. The molecule has 0 aliphatic carbocycles. The third kappa shape index (κ3) is 11.8. The summed E-state index contributed by atoms with van der Waals surface area (Å²) in [5.74, 6) is 2.01. The molecule has 82 heavy (non-hydrogen) atoms. The van der Waals surface area contributed by atoms with Crippen molar-refractivity contribution in [2.24, 2.45) is 0 Å². The Morgan fingerprint density at radius 1 is 0.427 bits per heavy atom. The number of pyridine rings is 1. The van der Waals surface area contributed by atoms with E-state index >= 15 is 0 Å². The Hall–Kier alpha value is -6.55. The third-order valence-corrected chi connectivity index (χ3v) is 16.3. The number of benzene rings is 7. The van der Waals surface area contributed by atoms with Crippen molar-refractivity contribution in [1.82, 2.24) is 14.1 Å². The summed E-state index contributed by atoms with van der Waals surface area (Å²) in [6.45, 7) is 48.6. The van der Waals surface area contributed by atoms with Gasteiger partial charge in [-0.2, -0.15) is 18.2 Å². The van der Waals surface area contributed by atoms with Gasteiger partial charge >= 0.3 is 0 Å². The van der Waals surface area contributed by atoms with Crippen LogP contribution in [0.4, 0.5) is 0 Å². The maximum Gasteiger partial charge on any atom is 0.268 e. The quantitative estimate of drug-likeness (QED) is 0.118. The zero-order valence-electron chi connectivity index (χ0n) is 52.8. The molecule has 428 valence electrons. The monoisotopic (exact) mass is 1270 g/mol. The molecule has 3 aromatic heterocycles. The molecule has 0 bridgehead atoms. The Kier molecular flexibility index (Phi) is 15.3. The summed E-state index contributed by atoms with van der Waals surface area (Å²) < 4.78 is 13.6. The molecule has 3 heterocycles. The normalized spacial score (nSPS) is 13.1. The van der Waals surface area contributed by atoms with Gasteiger partial charge in [0.15, 0.2) is 0 Å². The van der Waals surface area contributed by atoms with Crippen LogP contribution in [0.1, 0.15) is 184 Å². The summed E-state index contributed by atoms with van der Waals surface area (Å²) in [4.78, 5) is 4.93. The fourth-order valence-corrected chi connectivity index (χ4v) is 11.0. The zero-order valence-corrected chi connectivity index (χ0v) is 55.1. The standard InChI is InChI=1S/C76H86N4O.Pt/c1-70(2,3)51-33-34-77-68(44-51)80-64-28-23-22-27-60(64)61-31-30-59(46-66(61)80)81-58-26-24-25-57(45-58)78-47-79(65-32-29-48(39-67(65)78)49-35-52(71(4,5)6)40-53(36-49)72(7,8)9)69-62(42-56(75(16,17)18)43-63(69)76(19,20)21)50-37-54(73(10,11)12)41-55(38-50)74(13,14)15;/h22-44H,1-21H3;/q-2;. The fraction of sp³-hybridized carbons (Fsp3) is 0.368. The van der Waals surface area contributed by atoms with Crippen LogP contribution in [0.3, 0.4) is 0 Å². The van der Waals surface area contributed by atoms with Crippen LogP contribution in [-0.4, -0.2) is 14.1 Å². The Labute approximate surface area is 505 Å². The number of aromatic nitrogens is 4. The predicted octanol–water partition coefficient (Wildman–Crippen LogP) is 20.0. The second kappa shape index (κ2) is 21.0. The SMILES string of the molecule is CC(C)(C)c1cc(-c2ccc3c(c2)n(-c2[c-]c(Oc4[c-]c5c(cc4)c4ccccc4n5-c4cc(C(C)(C)C)ccn4)ccc2)[c-][n+]3-c2c(-c3cc(C(C)(C)C)cc(C(C)(C)C)c3)cc(C(C)(C)C)cc2C(C)(C)C)cc(C(C)(C)C)c1.[Pt]. The molecule has 0 unspecified atom stereocenters. The molecule has 7 aromatic carbocycles. The van der Waals surface area contributed by atoms with Gasteiger partial charge in [-0.25, -0.2) is 4.98 Å². The van der Waals surface area contributed by atoms with E-state index in [1.807, 2.05) is 18.3 Å². The van der Waals surface area contributed by atoms with E-state index in [1.165, 1.54) is 55.6 Å². The van der Waals surface area contributed by atoms with Crippen molar-refractivity contribution in [3.63, 3.8) is 0 Å². The molecule has 0 aliphatic rings. The zero-order chi connectivity index (χ0) is 58.7. The van der Waals surface area contributed by atoms with Crippen molar-refractivity contribution in [1.29, 1.82) is 0 Å². The topological polar surface area (TPSA) is 35.9 Å². The summed E-state index contributed by atoms with van der Waals surface area (Å²) in [7, 11) is 0. The average molecular weight is 1270 g/mol. The van der Waals surface area contributed by atoms with Gasteiger partial charge in [0, 0.05) is 44.3 Å².